The van der Waals surface area contributed by atoms with Gasteiger partial charge in [-0.05, 0) is 55.9 Å². The molecule has 1 aliphatic rings. The van der Waals surface area contributed by atoms with Crippen molar-refractivity contribution in [2.75, 3.05) is 6.61 Å². The average Bonchev–Trinajstić information content (AvgIpc) is 3.08. The topological polar surface area (TPSA) is 75.6 Å². The van der Waals surface area contributed by atoms with Gasteiger partial charge in [0.25, 0.3) is 0 Å². The number of amides is 1. The zero-order valence-corrected chi connectivity index (χ0v) is 18.7. The molecular formula is C24H19BrClNO4. The molecule has 0 spiro atoms. The number of carboxylic acid groups (broad SMARTS) is 1. The lowest BCUT2D eigenvalue weighted by atomic mass is 9.98. The quantitative estimate of drug-likeness (QED) is 0.459. The summed E-state index contributed by atoms with van der Waals surface area (Å²) in [6.45, 7) is 0.121. The molecule has 4 rings (SSSR count). The van der Waals surface area contributed by atoms with Crippen molar-refractivity contribution in [1.82, 2.24) is 5.32 Å². The Hall–Kier alpha value is -2.83. The number of carbonyl (C=O) groups is 2. The Morgan fingerprint density at radius 3 is 2.23 bits per heavy atom. The number of alkyl carbamates (subject to hydrolysis) is 1. The van der Waals surface area contributed by atoms with Gasteiger partial charge in [-0.3, -0.25) is 0 Å². The molecule has 31 heavy (non-hydrogen) atoms. The Kier molecular flexibility index (Phi) is 6.30. The zero-order valence-electron chi connectivity index (χ0n) is 16.3. The third kappa shape index (κ3) is 4.60. The van der Waals surface area contributed by atoms with E-state index in [1.807, 2.05) is 36.4 Å². The van der Waals surface area contributed by atoms with E-state index in [9.17, 15) is 14.7 Å². The van der Waals surface area contributed by atoms with Crippen molar-refractivity contribution in [2.24, 2.45) is 0 Å². The molecule has 1 atom stereocenters. The molecule has 3 aromatic carbocycles. The standard InChI is InChI=1S/C24H19BrClNO4/c25-20-10-9-14(11-21(20)26)12-22(23(28)29)27-24(30)31-13-19-17-7-3-1-5-15(17)16-6-2-4-8-18(16)19/h1-11,19,22H,12-13H2,(H,27,30)(H,28,29)/t22-/m1/s1. The maximum atomic E-state index is 12.4. The van der Waals surface area contributed by atoms with Gasteiger partial charge in [-0.1, -0.05) is 66.2 Å². The molecule has 7 heteroatoms. The SMILES string of the molecule is O=C(N[C@H](Cc1ccc(Br)c(Cl)c1)C(=O)O)OCC1c2ccccc2-c2ccccc21. The molecule has 3 aromatic rings. The first-order valence-corrected chi connectivity index (χ1v) is 10.9. The van der Waals surface area contributed by atoms with Crippen molar-refractivity contribution >= 4 is 39.6 Å². The molecule has 5 nitrogen and oxygen atoms in total. The van der Waals surface area contributed by atoms with Crippen molar-refractivity contribution in [3.63, 3.8) is 0 Å². The summed E-state index contributed by atoms with van der Waals surface area (Å²) in [6.07, 6.45) is -0.676. The second kappa shape index (κ2) is 9.12. The molecule has 0 fully saturated rings. The summed E-state index contributed by atoms with van der Waals surface area (Å²) in [6, 6.07) is 20.1. The fourth-order valence-corrected chi connectivity index (χ4v) is 4.33. The van der Waals surface area contributed by atoms with Crippen LogP contribution in [0.3, 0.4) is 0 Å². The van der Waals surface area contributed by atoms with E-state index in [1.54, 1.807) is 18.2 Å². The summed E-state index contributed by atoms with van der Waals surface area (Å²) in [5.41, 5.74) is 5.14. The summed E-state index contributed by atoms with van der Waals surface area (Å²) < 4.78 is 6.17. The van der Waals surface area contributed by atoms with Crippen LogP contribution in [0.2, 0.25) is 5.02 Å². The first-order valence-electron chi connectivity index (χ1n) is 9.72. The summed E-state index contributed by atoms with van der Waals surface area (Å²) in [5, 5.41) is 12.5. The Bertz CT molecular complexity index is 1100. The van der Waals surface area contributed by atoms with Gasteiger partial charge in [0, 0.05) is 16.8 Å². The Balaban J connectivity index is 1.43. The normalized spacial score (nSPS) is 13.2. The van der Waals surface area contributed by atoms with E-state index >= 15 is 0 Å². The van der Waals surface area contributed by atoms with E-state index in [4.69, 9.17) is 16.3 Å². The highest BCUT2D eigenvalue weighted by molar-refractivity contribution is 9.10. The molecule has 0 aliphatic heterocycles. The van der Waals surface area contributed by atoms with Gasteiger partial charge in [0.1, 0.15) is 12.6 Å². The molecule has 0 heterocycles. The molecule has 0 aromatic heterocycles. The Labute approximate surface area is 193 Å². The van der Waals surface area contributed by atoms with Gasteiger partial charge in [-0.2, -0.15) is 0 Å². The summed E-state index contributed by atoms with van der Waals surface area (Å²) in [4.78, 5) is 24.1. The number of ether oxygens (including phenoxy) is 1. The van der Waals surface area contributed by atoms with Crippen LogP contribution in [0.1, 0.15) is 22.6 Å². The number of nitrogens with one attached hydrogen (secondary N) is 1. The predicted octanol–water partition coefficient (Wildman–Crippen LogP) is 5.64. The van der Waals surface area contributed by atoms with E-state index in [0.29, 0.717) is 15.1 Å². The van der Waals surface area contributed by atoms with Gasteiger partial charge in [0.2, 0.25) is 0 Å². The maximum absolute atomic E-state index is 12.4. The smallest absolute Gasteiger partial charge is 0.407 e. The minimum atomic E-state index is -1.15. The minimum absolute atomic E-state index is 0.0898. The van der Waals surface area contributed by atoms with Crippen molar-refractivity contribution in [3.8, 4) is 11.1 Å². The van der Waals surface area contributed by atoms with Crippen molar-refractivity contribution in [2.45, 2.75) is 18.4 Å². The third-order valence-electron chi connectivity index (χ3n) is 5.36. The summed E-state index contributed by atoms with van der Waals surface area (Å²) in [7, 11) is 0. The number of carbonyl (C=O) groups excluding carboxylic acids is 1. The van der Waals surface area contributed by atoms with Crippen LogP contribution in [0.25, 0.3) is 11.1 Å². The lowest BCUT2D eigenvalue weighted by Gasteiger charge is -2.17. The van der Waals surface area contributed by atoms with E-state index in [2.05, 4.69) is 33.4 Å². The molecule has 0 bridgehead atoms. The second-order valence-electron chi connectivity index (χ2n) is 7.31. The molecule has 0 radical (unpaired) electrons. The first kappa shape index (κ1) is 21.4. The number of rotatable bonds is 6. The molecule has 0 unspecified atom stereocenters. The van der Waals surface area contributed by atoms with E-state index in [1.165, 1.54) is 0 Å². The van der Waals surface area contributed by atoms with Crippen LogP contribution < -0.4 is 5.32 Å². The number of hydrogen-bond acceptors (Lipinski definition) is 3. The van der Waals surface area contributed by atoms with Gasteiger partial charge in [-0.15, -0.1) is 0 Å². The van der Waals surface area contributed by atoms with Gasteiger partial charge in [0.05, 0.1) is 5.02 Å². The predicted molar refractivity (Wildman–Crippen MR) is 122 cm³/mol. The molecule has 1 aliphatic carbocycles. The Morgan fingerprint density at radius 1 is 1.03 bits per heavy atom. The van der Waals surface area contributed by atoms with Crippen LogP contribution in [-0.4, -0.2) is 29.8 Å². The van der Waals surface area contributed by atoms with Crippen molar-refractivity contribution in [3.05, 3.63) is 92.9 Å². The number of fused-ring (bicyclic) bond motifs is 3. The minimum Gasteiger partial charge on any atom is -0.480 e. The maximum Gasteiger partial charge on any atom is 0.407 e. The number of carboxylic acids is 1. The number of benzene rings is 3. The van der Waals surface area contributed by atoms with Crippen LogP contribution in [0.4, 0.5) is 4.79 Å². The van der Waals surface area contributed by atoms with Crippen LogP contribution in [-0.2, 0) is 16.0 Å². The Morgan fingerprint density at radius 2 is 1.65 bits per heavy atom. The first-order chi connectivity index (χ1) is 14.9. The monoisotopic (exact) mass is 499 g/mol. The molecule has 0 saturated carbocycles. The van der Waals surface area contributed by atoms with Crippen LogP contribution in [0.15, 0.2) is 71.2 Å². The second-order valence-corrected chi connectivity index (χ2v) is 8.57. The van der Waals surface area contributed by atoms with Crippen molar-refractivity contribution < 1.29 is 19.4 Å². The third-order valence-corrected chi connectivity index (χ3v) is 6.59. The molecule has 0 saturated heterocycles. The zero-order chi connectivity index (χ0) is 22.0. The average molecular weight is 501 g/mol. The van der Waals surface area contributed by atoms with Gasteiger partial charge < -0.3 is 15.2 Å². The lowest BCUT2D eigenvalue weighted by molar-refractivity contribution is -0.139. The number of aliphatic carboxylic acids is 1. The van der Waals surface area contributed by atoms with Crippen LogP contribution in [0, 0.1) is 0 Å². The lowest BCUT2D eigenvalue weighted by Crippen LogP contribution is -2.42. The van der Waals surface area contributed by atoms with Gasteiger partial charge in [0.15, 0.2) is 0 Å². The van der Waals surface area contributed by atoms with Crippen LogP contribution >= 0.6 is 27.5 Å². The van der Waals surface area contributed by atoms with Gasteiger partial charge >= 0.3 is 12.1 Å². The highest BCUT2D eigenvalue weighted by atomic mass is 79.9. The fraction of sp³-hybridized carbons (Fsp3) is 0.167. The van der Waals surface area contributed by atoms with Crippen molar-refractivity contribution in [1.29, 1.82) is 0 Å². The molecular weight excluding hydrogens is 482 g/mol. The van der Waals surface area contributed by atoms with Crippen LogP contribution in [0.5, 0.6) is 0 Å². The van der Waals surface area contributed by atoms with E-state index < -0.39 is 18.1 Å². The molecule has 1 amide bonds. The van der Waals surface area contributed by atoms with E-state index in [0.717, 1.165) is 22.3 Å². The summed E-state index contributed by atoms with van der Waals surface area (Å²) >= 11 is 9.38. The highest BCUT2D eigenvalue weighted by Gasteiger charge is 2.29. The number of halogens is 2. The highest BCUT2D eigenvalue weighted by Crippen LogP contribution is 2.44. The molecule has 158 valence electrons. The van der Waals surface area contributed by atoms with Gasteiger partial charge in [-0.25, -0.2) is 9.59 Å². The molecule has 2 N–H and O–H groups in total. The number of hydrogen-bond donors (Lipinski definition) is 2. The largest absolute Gasteiger partial charge is 0.480 e. The fourth-order valence-electron chi connectivity index (χ4n) is 3.88. The summed E-state index contributed by atoms with van der Waals surface area (Å²) in [5.74, 6) is -1.24. The van der Waals surface area contributed by atoms with E-state index in [-0.39, 0.29) is 18.9 Å².